The number of aromatic nitrogens is 2. The summed E-state index contributed by atoms with van der Waals surface area (Å²) in [4.78, 5) is 22.8. The molecule has 25 heavy (non-hydrogen) atoms. The molecule has 2 unspecified atom stereocenters. The fourth-order valence-electron chi connectivity index (χ4n) is 3.20. The van der Waals surface area contributed by atoms with E-state index >= 15 is 0 Å². The van der Waals surface area contributed by atoms with E-state index in [1.165, 1.54) is 16.8 Å². The van der Waals surface area contributed by atoms with Gasteiger partial charge in [0.1, 0.15) is 0 Å². The highest BCUT2D eigenvalue weighted by atomic mass is 16.6. The third-order valence-electron chi connectivity index (χ3n) is 4.59. The van der Waals surface area contributed by atoms with Crippen LogP contribution in [0.4, 0.5) is 5.69 Å². The monoisotopic (exact) mass is 344 g/mol. The molecule has 2 atom stereocenters. The average Bonchev–Trinajstić information content (AvgIpc) is 3.12. The summed E-state index contributed by atoms with van der Waals surface area (Å²) in [5.74, 6) is -0.217. The summed E-state index contributed by atoms with van der Waals surface area (Å²) < 4.78 is 1.44. The highest BCUT2D eigenvalue weighted by Gasteiger charge is 2.26. The first-order chi connectivity index (χ1) is 12.1. The van der Waals surface area contributed by atoms with Gasteiger partial charge in [-0.15, -0.1) is 0 Å². The number of amides is 1. The van der Waals surface area contributed by atoms with E-state index in [1.807, 2.05) is 0 Å². The fourth-order valence-corrected chi connectivity index (χ4v) is 3.20. The Morgan fingerprint density at radius 3 is 2.92 bits per heavy atom. The lowest BCUT2D eigenvalue weighted by Crippen LogP contribution is -2.43. The van der Waals surface area contributed by atoms with Crippen LogP contribution in [0.3, 0.4) is 0 Å². The molecule has 1 amide bonds. The Morgan fingerprint density at radius 1 is 1.36 bits per heavy atom. The number of hydrogen-bond donors (Lipinski definition) is 2. The molecule has 1 saturated carbocycles. The molecule has 8 heteroatoms. The standard InChI is InChI=1S/C17H20N4O4/c22-11-12-4-1-2-7-15(12)18-17(23)16-8-9-20(19-16)13-5-3-6-14(10-13)21(24)25/h3,5-6,8-10,12,15,22H,1-2,4,7,11H2,(H,18,23). The summed E-state index contributed by atoms with van der Waals surface area (Å²) in [6.07, 6.45) is 5.45. The van der Waals surface area contributed by atoms with Gasteiger partial charge in [0.15, 0.2) is 5.69 Å². The Morgan fingerprint density at radius 2 is 2.16 bits per heavy atom. The molecular formula is C17H20N4O4. The van der Waals surface area contributed by atoms with Crippen LogP contribution < -0.4 is 5.32 Å². The number of nitro benzene ring substituents is 1. The second kappa shape index (κ2) is 7.43. The van der Waals surface area contributed by atoms with Crippen molar-refractivity contribution in [3.63, 3.8) is 0 Å². The van der Waals surface area contributed by atoms with Gasteiger partial charge in [0, 0.05) is 36.9 Å². The van der Waals surface area contributed by atoms with E-state index < -0.39 is 4.92 Å². The van der Waals surface area contributed by atoms with Crippen LogP contribution >= 0.6 is 0 Å². The number of carbonyl (C=O) groups excluding carboxylic acids is 1. The van der Waals surface area contributed by atoms with E-state index in [0.29, 0.717) is 5.69 Å². The second-order valence-electron chi connectivity index (χ2n) is 6.23. The summed E-state index contributed by atoms with van der Waals surface area (Å²) >= 11 is 0. The Balaban J connectivity index is 1.73. The normalized spacial score (nSPS) is 20.2. The quantitative estimate of drug-likeness (QED) is 0.637. The second-order valence-corrected chi connectivity index (χ2v) is 6.23. The SMILES string of the molecule is O=C(NC1CCCCC1CO)c1ccn(-c2cccc([N+](=O)[O-])c2)n1. The van der Waals surface area contributed by atoms with Gasteiger partial charge < -0.3 is 10.4 Å². The lowest BCUT2D eigenvalue weighted by molar-refractivity contribution is -0.384. The first kappa shape index (κ1) is 17.1. The number of hydrogen-bond acceptors (Lipinski definition) is 5. The van der Waals surface area contributed by atoms with Crippen LogP contribution in [0.25, 0.3) is 5.69 Å². The first-order valence-corrected chi connectivity index (χ1v) is 8.30. The number of rotatable bonds is 5. The molecule has 0 spiro atoms. The van der Waals surface area contributed by atoms with Crippen LogP contribution in [0.2, 0.25) is 0 Å². The van der Waals surface area contributed by atoms with Crippen molar-refractivity contribution in [2.45, 2.75) is 31.7 Å². The van der Waals surface area contributed by atoms with Gasteiger partial charge in [0.05, 0.1) is 10.6 Å². The van der Waals surface area contributed by atoms with Crippen LogP contribution in [-0.2, 0) is 0 Å². The molecule has 1 aromatic carbocycles. The van der Waals surface area contributed by atoms with Gasteiger partial charge in [0.25, 0.3) is 11.6 Å². The maximum atomic E-state index is 12.4. The van der Waals surface area contributed by atoms with Crippen LogP contribution in [0, 0.1) is 16.0 Å². The Labute approximate surface area is 144 Å². The number of aliphatic hydroxyl groups is 1. The summed E-state index contributed by atoms with van der Waals surface area (Å²) in [6, 6.07) is 7.59. The minimum Gasteiger partial charge on any atom is -0.396 e. The summed E-state index contributed by atoms with van der Waals surface area (Å²) in [6.45, 7) is 0.0626. The fraction of sp³-hybridized carbons (Fsp3) is 0.412. The van der Waals surface area contributed by atoms with Crippen molar-refractivity contribution in [2.75, 3.05) is 6.61 Å². The number of benzene rings is 1. The van der Waals surface area contributed by atoms with E-state index in [1.54, 1.807) is 24.4 Å². The van der Waals surface area contributed by atoms with Crippen LogP contribution in [0.15, 0.2) is 36.5 Å². The van der Waals surface area contributed by atoms with Crippen LogP contribution in [-0.4, -0.2) is 38.4 Å². The minimum atomic E-state index is -0.473. The van der Waals surface area contributed by atoms with E-state index in [0.717, 1.165) is 25.7 Å². The zero-order valence-electron chi connectivity index (χ0n) is 13.7. The van der Waals surface area contributed by atoms with Crippen molar-refractivity contribution in [2.24, 2.45) is 5.92 Å². The maximum absolute atomic E-state index is 12.4. The van der Waals surface area contributed by atoms with Crippen molar-refractivity contribution in [1.29, 1.82) is 0 Å². The number of nitrogens with zero attached hydrogens (tertiary/aromatic N) is 3. The van der Waals surface area contributed by atoms with E-state index in [2.05, 4.69) is 10.4 Å². The van der Waals surface area contributed by atoms with Gasteiger partial charge in [-0.2, -0.15) is 5.10 Å². The van der Waals surface area contributed by atoms with Crippen molar-refractivity contribution in [1.82, 2.24) is 15.1 Å². The molecule has 1 heterocycles. The molecule has 8 nitrogen and oxygen atoms in total. The lowest BCUT2D eigenvalue weighted by Gasteiger charge is -2.30. The van der Waals surface area contributed by atoms with Crippen molar-refractivity contribution in [3.05, 3.63) is 52.3 Å². The van der Waals surface area contributed by atoms with Gasteiger partial charge in [-0.25, -0.2) is 4.68 Å². The lowest BCUT2D eigenvalue weighted by atomic mass is 9.85. The molecule has 1 fully saturated rings. The Kier molecular flexibility index (Phi) is 5.08. The van der Waals surface area contributed by atoms with Crippen LogP contribution in [0.5, 0.6) is 0 Å². The van der Waals surface area contributed by atoms with Gasteiger partial charge in [-0.3, -0.25) is 14.9 Å². The van der Waals surface area contributed by atoms with E-state index in [4.69, 9.17) is 0 Å². The molecule has 2 aromatic rings. The van der Waals surface area contributed by atoms with E-state index in [9.17, 15) is 20.0 Å². The largest absolute Gasteiger partial charge is 0.396 e. The molecule has 3 rings (SSSR count). The van der Waals surface area contributed by atoms with Crippen molar-refractivity contribution in [3.8, 4) is 5.69 Å². The molecule has 1 aliphatic rings. The molecule has 2 N–H and O–H groups in total. The molecule has 0 aliphatic heterocycles. The van der Waals surface area contributed by atoms with Crippen molar-refractivity contribution < 1.29 is 14.8 Å². The van der Waals surface area contributed by atoms with Gasteiger partial charge in [-0.1, -0.05) is 18.9 Å². The predicted molar refractivity (Wildman–Crippen MR) is 90.5 cm³/mol. The number of nitro groups is 1. The highest BCUT2D eigenvalue weighted by molar-refractivity contribution is 5.92. The van der Waals surface area contributed by atoms with E-state index in [-0.39, 0.29) is 35.9 Å². The smallest absolute Gasteiger partial charge is 0.272 e. The number of nitrogens with one attached hydrogen (secondary N) is 1. The molecule has 1 aromatic heterocycles. The number of non-ortho nitro benzene ring substituents is 1. The molecule has 0 bridgehead atoms. The van der Waals surface area contributed by atoms with Crippen molar-refractivity contribution >= 4 is 11.6 Å². The first-order valence-electron chi connectivity index (χ1n) is 8.30. The molecule has 0 saturated heterocycles. The van der Waals surface area contributed by atoms with Gasteiger partial charge >= 0.3 is 0 Å². The molecule has 1 aliphatic carbocycles. The summed E-state index contributed by atoms with van der Waals surface area (Å²) in [7, 11) is 0. The maximum Gasteiger partial charge on any atom is 0.272 e. The molecule has 132 valence electrons. The van der Waals surface area contributed by atoms with Gasteiger partial charge in [-0.05, 0) is 25.0 Å². The minimum absolute atomic E-state index is 0.0352. The Bertz CT molecular complexity index is 774. The molecular weight excluding hydrogens is 324 g/mol. The number of aliphatic hydroxyl groups excluding tert-OH is 1. The third-order valence-corrected chi connectivity index (χ3v) is 4.59. The number of carbonyl (C=O) groups is 1. The summed E-state index contributed by atoms with van der Waals surface area (Å²) in [5, 5.41) is 27.5. The molecule has 0 radical (unpaired) electrons. The van der Waals surface area contributed by atoms with Crippen LogP contribution in [0.1, 0.15) is 36.2 Å². The predicted octanol–water partition coefficient (Wildman–Crippen LogP) is 2.06. The van der Waals surface area contributed by atoms with Gasteiger partial charge in [0.2, 0.25) is 0 Å². The zero-order chi connectivity index (χ0) is 17.8. The third kappa shape index (κ3) is 3.85. The Hall–Kier alpha value is -2.74. The zero-order valence-corrected chi connectivity index (χ0v) is 13.7. The average molecular weight is 344 g/mol. The highest BCUT2D eigenvalue weighted by Crippen LogP contribution is 2.24. The topological polar surface area (TPSA) is 110 Å². The summed E-state index contributed by atoms with van der Waals surface area (Å²) in [5.41, 5.74) is 0.722.